The van der Waals surface area contributed by atoms with Crippen LogP contribution in [-0.4, -0.2) is 61.3 Å². The summed E-state index contributed by atoms with van der Waals surface area (Å²) in [5, 5.41) is 15.7. The van der Waals surface area contributed by atoms with Gasteiger partial charge in [0.1, 0.15) is 11.9 Å². The molecule has 3 saturated heterocycles. The van der Waals surface area contributed by atoms with E-state index >= 15 is 0 Å². The number of ether oxygens (including phenoxy) is 1. The van der Waals surface area contributed by atoms with Crippen LogP contribution in [0.1, 0.15) is 49.1 Å². The highest BCUT2D eigenvalue weighted by Gasteiger charge is 2.43. The van der Waals surface area contributed by atoms with Gasteiger partial charge in [0.25, 0.3) is 0 Å². The van der Waals surface area contributed by atoms with Crippen molar-refractivity contribution in [3.05, 3.63) is 35.1 Å². The molecule has 6 nitrogen and oxygen atoms in total. The number of nitrogens with zero attached hydrogens (tertiary/aromatic N) is 2. The zero-order valence-corrected chi connectivity index (χ0v) is 17.9. The number of likely N-dealkylation sites (tertiary alicyclic amines) is 1. The molecular weight excluding hydrogens is 395 g/mol. The van der Waals surface area contributed by atoms with Crippen LogP contribution in [0.25, 0.3) is 0 Å². The second kappa shape index (κ2) is 8.85. The highest BCUT2D eigenvalue weighted by atomic mass is 19.1. The third kappa shape index (κ3) is 4.34. The van der Waals surface area contributed by atoms with Gasteiger partial charge in [-0.1, -0.05) is 12.1 Å². The van der Waals surface area contributed by atoms with Crippen molar-refractivity contribution in [2.75, 3.05) is 26.3 Å². The van der Waals surface area contributed by atoms with E-state index < -0.39 is 6.04 Å². The number of fused-ring (bicyclic) bond motifs is 2. The molecule has 2 bridgehead atoms. The van der Waals surface area contributed by atoms with E-state index in [9.17, 15) is 14.4 Å². The molecule has 1 unspecified atom stereocenters. The predicted octanol–water partition coefficient (Wildman–Crippen LogP) is 2.10. The quantitative estimate of drug-likeness (QED) is 0.729. The number of carbonyl (C=O) groups is 1. The van der Waals surface area contributed by atoms with Gasteiger partial charge in [-0.2, -0.15) is 5.26 Å². The zero-order valence-electron chi connectivity index (χ0n) is 17.9. The van der Waals surface area contributed by atoms with Crippen molar-refractivity contribution in [2.45, 2.75) is 68.6 Å². The van der Waals surface area contributed by atoms with Gasteiger partial charge in [-0.3, -0.25) is 9.69 Å². The van der Waals surface area contributed by atoms with Crippen molar-refractivity contribution in [1.29, 1.82) is 5.26 Å². The number of piperidine rings is 2. The van der Waals surface area contributed by atoms with Crippen molar-refractivity contribution in [3.8, 4) is 6.07 Å². The van der Waals surface area contributed by atoms with Gasteiger partial charge in [-0.15, -0.1) is 0 Å². The first-order valence-electron chi connectivity index (χ1n) is 11.7. The first-order chi connectivity index (χ1) is 15.1. The molecule has 1 aliphatic carbocycles. The molecule has 4 aliphatic rings. The van der Waals surface area contributed by atoms with Gasteiger partial charge in [0.2, 0.25) is 5.91 Å². The van der Waals surface area contributed by atoms with E-state index in [2.05, 4.69) is 21.6 Å². The monoisotopic (exact) mass is 426 g/mol. The minimum Gasteiger partial charge on any atom is -0.378 e. The normalized spacial score (nSPS) is 31.7. The van der Waals surface area contributed by atoms with Crippen LogP contribution in [-0.2, 0) is 16.0 Å². The van der Waals surface area contributed by atoms with Crippen molar-refractivity contribution in [3.63, 3.8) is 0 Å². The lowest BCUT2D eigenvalue weighted by Crippen LogP contribution is -2.52. The lowest BCUT2D eigenvalue weighted by Gasteiger charge is -2.42. The second-order valence-electron chi connectivity index (χ2n) is 9.69. The molecular formula is C24H31FN4O2. The summed E-state index contributed by atoms with van der Waals surface area (Å²) in [6.07, 6.45) is 5.60. The van der Waals surface area contributed by atoms with Crippen molar-refractivity contribution in [1.82, 2.24) is 15.5 Å². The maximum Gasteiger partial charge on any atom is 0.238 e. The summed E-state index contributed by atoms with van der Waals surface area (Å²) in [5.74, 6) is 0.280. The summed E-state index contributed by atoms with van der Waals surface area (Å²) in [7, 11) is 0. The molecule has 3 aliphatic heterocycles. The maximum atomic E-state index is 14.9. The maximum absolute atomic E-state index is 14.9. The summed E-state index contributed by atoms with van der Waals surface area (Å²) >= 11 is 0. The molecule has 0 aromatic heterocycles. The van der Waals surface area contributed by atoms with Gasteiger partial charge >= 0.3 is 0 Å². The van der Waals surface area contributed by atoms with Crippen molar-refractivity contribution >= 4 is 5.91 Å². The Morgan fingerprint density at radius 2 is 2.23 bits per heavy atom. The van der Waals surface area contributed by atoms with E-state index in [0.29, 0.717) is 29.5 Å². The van der Waals surface area contributed by atoms with E-state index in [-0.39, 0.29) is 24.2 Å². The number of nitriles is 1. The fraction of sp³-hybridized carbons (Fsp3) is 0.667. The number of hydrogen-bond donors (Lipinski definition) is 2. The summed E-state index contributed by atoms with van der Waals surface area (Å²) in [6, 6.07) is 7.57. The number of benzene rings is 1. The van der Waals surface area contributed by atoms with E-state index in [4.69, 9.17) is 4.74 Å². The van der Waals surface area contributed by atoms with E-state index in [1.54, 1.807) is 12.1 Å². The Bertz CT molecular complexity index is 868. The molecule has 4 fully saturated rings. The van der Waals surface area contributed by atoms with Gasteiger partial charge in [0, 0.05) is 19.0 Å². The zero-order chi connectivity index (χ0) is 21.4. The van der Waals surface area contributed by atoms with Gasteiger partial charge in [0.05, 0.1) is 31.4 Å². The molecule has 166 valence electrons. The number of hydrogen-bond acceptors (Lipinski definition) is 5. The van der Waals surface area contributed by atoms with Crippen LogP contribution >= 0.6 is 0 Å². The van der Waals surface area contributed by atoms with Crippen LogP contribution in [0.5, 0.6) is 0 Å². The Balaban J connectivity index is 1.20. The summed E-state index contributed by atoms with van der Waals surface area (Å²) in [6.45, 7) is 3.64. The van der Waals surface area contributed by atoms with E-state index in [1.807, 2.05) is 6.07 Å². The molecule has 31 heavy (non-hydrogen) atoms. The second-order valence-corrected chi connectivity index (χ2v) is 9.69. The summed E-state index contributed by atoms with van der Waals surface area (Å²) in [5.41, 5.74) is 1.51. The Labute approximate surface area is 183 Å². The van der Waals surface area contributed by atoms with Crippen LogP contribution in [0.4, 0.5) is 4.39 Å². The lowest BCUT2D eigenvalue weighted by atomic mass is 9.88. The molecule has 2 N–H and O–H groups in total. The van der Waals surface area contributed by atoms with Gasteiger partial charge in [-0.05, 0) is 67.7 Å². The lowest BCUT2D eigenvalue weighted by molar-refractivity contribution is -0.124. The first kappa shape index (κ1) is 20.9. The molecule has 7 heteroatoms. The summed E-state index contributed by atoms with van der Waals surface area (Å²) in [4.78, 5) is 15.1. The van der Waals surface area contributed by atoms with Gasteiger partial charge in [-0.25, -0.2) is 4.39 Å². The summed E-state index contributed by atoms with van der Waals surface area (Å²) < 4.78 is 20.3. The molecule has 1 amide bonds. The highest BCUT2D eigenvalue weighted by Crippen LogP contribution is 2.35. The molecule has 0 spiro atoms. The molecule has 1 aromatic carbocycles. The number of amides is 1. The SMILES string of the molecule is N#C[C@H](Cc1ccc(C2CCCN(C3COC3)C2)cc1F)NC(=O)[C@H]1N[C@@H]2CC[C@H]1C2. The van der Waals surface area contributed by atoms with Crippen LogP contribution in [0.2, 0.25) is 0 Å². The minimum atomic E-state index is -0.724. The number of rotatable bonds is 6. The average Bonchev–Trinajstić information content (AvgIpc) is 3.37. The fourth-order valence-corrected chi connectivity index (χ4v) is 5.79. The Morgan fingerprint density at radius 3 is 2.87 bits per heavy atom. The topological polar surface area (TPSA) is 77.4 Å². The van der Waals surface area contributed by atoms with Crippen LogP contribution in [0.3, 0.4) is 0 Å². The molecule has 1 aromatic rings. The third-order valence-electron chi connectivity index (χ3n) is 7.68. The van der Waals surface area contributed by atoms with Crippen LogP contribution in [0.15, 0.2) is 18.2 Å². The first-order valence-corrected chi connectivity index (χ1v) is 11.7. The Morgan fingerprint density at radius 1 is 1.35 bits per heavy atom. The molecule has 1 saturated carbocycles. The van der Waals surface area contributed by atoms with Gasteiger partial charge in [0.15, 0.2) is 0 Å². The van der Waals surface area contributed by atoms with Gasteiger partial charge < -0.3 is 15.4 Å². The predicted molar refractivity (Wildman–Crippen MR) is 114 cm³/mol. The molecule has 5 rings (SSSR count). The van der Waals surface area contributed by atoms with Crippen molar-refractivity contribution < 1.29 is 13.9 Å². The Hall–Kier alpha value is -2.01. The van der Waals surface area contributed by atoms with E-state index in [0.717, 1.165) is 64.0 Å². The number of nitrogens with one attached hydrogen (secondary N) is 2. The smallest absolute Gasteiger partial charge is 0.238 e. The Kier molecular flexibility index (Phi) is 5.96. The number of halogens is 1. The molecule has 5 atom stereocenters. The van der Waals surface area contributed by atoms with E-state index in [1.165, 1.54) is 0 Å². The average molecular weight is 427 g/mol. The molecule has 0 radical (unpaired) electrons. The fourth-order valence-electron chi connectivity index (χ4n) is 5.79. The highest BCUT2D eigenvalue weighted by molar-refractivity contribution is 5.83. The number of carbonyl (C=O) groups excluding carboxylic acids is 1. The largest absolute Gasteiger partial charge is 0.378 e. The van der Waals surface area contributed by atoms with Crippen LogP contribution < -0.4 is 10.6 Å². The van der Waals surface area contributed by atoms with Crippen LogP contribution in [0, 0.1) is 23.1 Å². The molecule has 3 heterocycles. The third-order valence-corrected chi connectivity index (χ3v) is 7.68. The standard InChI is InChI=1S/C24H31FN4O2/c25-22-10-15(18-2-1-7-29(12-18)21-13-31-14-21)3-4-16(22)8-20(11-26)28-24(30)23-17-5-6-19(9-17)27-23/h3-4,10,17-21,23,27H,1-2,5-9,12-14H2,(H,28,30)/t17-,18?,19+,20-,23-/m0/s1. The minimum absolute atomic E-state index is 0.127. The van der Waals surface area contributed by atoms with Crippen molar-refractivity contribution in [2.24, 2.45) is 5.92 Å².